The maximum absolute atomic E-state index is 10.7. The Morgan fingerprint density at radius 1 is 1.19 bits per heavy atom. The number of hydrogen-bond acceptors (Lipinski definition) is 6. The van der Waals surface area contributed by atoms with Gasteiger partial charge in [-0.1, -0.05) is 0 Å². The molecule has 1 N–H and O–H groups in total. The number of rotatable bonds is 8. The highest BCUT2D eigenvalue weighted by Gasteiger charge is 2.29. The molecule has 0 unspecified atom stereocenters. The van der Waals surface area contributed by atoms with E-state index in [9.17, 15) is 9.90 Å². The molecule has 0 radical (unpaired) electrons. The van der Waals surface area contributed by atoms with Gasteiger partial charge in [-0.25, -0.2) is 0 Å². The molecule has 0 aromatic carbocycles. The molecular weight excluding hydrogens is 216 g/mol. The number of aliphatic hydroxyl groups is 1. The van der Waals surface area contributed by atoms with E-state index in [-0.39, 0.29) is 13.2 Å². The van der Waals surface area contributed by atoms with Crippen molar-refractivity contribution in [2.24, 2.45) is 0 Å². The fourth-order valence-electron chi connectivity index (χ4n) is 1.32. The Kier molecular flexibility index (Phi) is 8.10. The van der Waals surface area contributed by atoms with E-state index < -0.39 is 24.3 Å². The first kappa shape index (κ1) is 15.3. The first-order valence-corrected chi connectivity index (χ1v) is 4.92. The monoisotopic (exact) mass is 236 g/mol. The summed E-state index contributed by atoms with van der Waals surface area (Å²) < 4.78 is 19.8. The van der Waals surface area contributed by atoms with Gasteiger partial charge in [0, 0.05) is 28.3 Å². The van der Waals surface area contributed by atoms with Crippen LogP contribution in [0.2, 0.25) is 0 Å². The summed E-state index contributed by atoms with van der Waals surface area (Å²) in [5, 5.41) is 9.71. The van der Waals surface area contributed by atoms with Crippen molar-refractivity contribution < 1.29 is 28.8 Å². The molecule has 3 atom stereocenters. The fourth-order valence-corrected chi connectivity index (χ4v) is 1.32. The molecule has 0 spiro atoms. The van der Waals surface area contributed by atoms with Crippen LogP contribution in [0.15, 0.2) is 0 Å². The Bertz CT molecular complexity index is 196. The topological polar surface area (TPSA) is 74.2 Å². The van der Waals surface area contributed by atoms with Gasteiger partial charge >= 0.3 is 5.97 Å². The standard InChI is InChI=1S/C10H20O6/c1-7(11)16-6-9(14-3)10(15-4)8(12)5-13-2/h8-10,12H,5-6H2,1-4H3/t8-,9-,10-/m1/s1. The number of ether oxygens (including phenoxy) is 4. The van der Waals surface area contributed by atoms with E-state index in [1.54, 1.807) is 0 Å². The van der Waals surface area contributed by atoms with Gasteiger partial charge in [-0.05, 0) is 0 Å². The molecule has 0 heterocycles. The highest BCUT2D eigenvalue weighted by atomic mass is 16.6. The van der Waals surface area contributed by atoms with Gasteiger partial charge < -0.3 is 24.1 Å². The lowest BCUT2D eigenvalue weighted by molar-refractivity contribution is -0.156. The second kappa shape index (κ2) is 8.46. The molecule has 0 saturated carbocycles. The van der Waals surface area contributed by atoms with E-state index in [1.165, 1.54) is 28.3 Å². The molecule has 0 aliphatic rings. The molecule has 16 heavy (non-hydrogen) atoms. The van der Waals surface area contributed by atoms with Crippen molar-refractivity contribution in [3.8, 4) is 0 Å². The number of carbonyl (C=O) groups is 1. The minimum absolute atomic E-state index is 0.0329. The number of aliphatic hydroxyl groups excluding tert-OH is 1. The molecule has 6 nitrogen and oxygen atoms in total. The molecule has 0 aliphatic heterocycles. The molecule has 0 amide bonds. The van der Waals surface area contributed by atoms with Gasteiger partial charge in [0.1, 0.15) is 24.9 Å². The predicted molar refractivity (Wildman–Crippen MR) is 56.1 cm³/mol. The van der Waals surface area contributed by atoms with Crippen LogP contribution in [0.1, 0.15) is 6.92 Å². The summed E-state index contributed by atoms with van der Waals surface area (Å²) in [7, 11) is 4.38. The van der Waals surface area contributed by atoms with Crippen LogP contribution in [0.25, 0.3) is 0 Å². The number of esters is 1. The molecule has 0 aromatic heterocycles. The average Bonchev–Trinajstić information content (AvgIpc) is 2.24. The molecule has 0 aliphatic carbocycles. The lowest BCUT2D eigenvalue weighted by Gasteiger charge is -2.27. The van der Waals surface area contributed by atoms with Crippen molar-refractivity contribution in [2.75, 3.05) is 34.5 Å². The third-order valence-electron chi connectivity index (χ3n) is 2.11. The Hall–Kier alpha value is -0.690. The van der Waals surface area contributed by atoms with E-state index in [4.69, 9.17) is 18.9 Å². The zero-order valence-corrected chi connectivity index (χ0v) is 10.1. The maximum atomic E-state index is 10.7. The summed E-state index contributed by atoms with van der Waals surface area (Å²) in [6, 6.07) is 0. The maximum Gasteiger partial charge on any atom is 0.302 e. The molecular formula is C10H20O6. The summed E-state index contributed by atoms with van der Waals surface area (Å²) in [5.74, 6) is -0.405. The SMILES string of the molecule is COC[C@@H](O)[C@@H](OC)[C@@H](COC(C)=O)OC. The summed E-state index contributed by atoms with van der Waals surface area (Å²) in [4.78, 5) is 10.7. The summed E-state index contributed by atoms with van der Waals surface area (Å²) in [5.41, 5.74) is 0. The summed E-state index contributed by atoms with van der Waals surface area (Å²) in [6.45, 7) is 1.46. The van der Waals surface area contributed by atoms with Crippen LogP contribution >= 0.6 is 0 Å². The zero-order chi connectivity index (χ0) is 12.6. The first-order valence-electron chi connectivity index (χ1n) is 4.92. The normalized spacial score (nSPS) is 16.6. The van der Waals surface area contributed by atoms with E-state index in [0.29, 0.717) is 0 Å². The molecule has 0 aromatic rings. The third kappa shape index (κ3) is 5.41. The Morgan fingerprint density at radius 2 is 1.81 bits per heavy atom. The number of carbonyl (C=O) groups excluding carboxylic acids is 1. The number of hydrogen-bond donors (Lipinski definition) is 1. The zero-order valence-electron chi connectivity index (χ0n) is 10.1. The van der Waals surface area contributed by atoms with E-state index in [2.05, 4.69) is 0 Å². The first-order chi connectivity index (χ1) is 7.56. The van der Waals surface area contributed by atoms with Crippen LogP contribution in [0.3, 0.4) is 0 Å². The van der Waals surface area contributed by atoms with Gasteiger partial charge in [-0.15, -0.1) is 0 Å². The molecule has 0 rings (SSSR count). The smallest absolute Gasteiger partial charge is 0.302 e. The van der Waals surface area contributed by atoms with Crippen molar-refractivity contribution in [3.05, 3.63) is 0 Å². The quantitative estimate of drug-likeness (QED) is 0.577. The largest absolute Gasteiger partial charge is 0.463 e. The average molecular weight is 236 g/mol. The highest BCUT2D eigenvalue weighted by molar-refractivity contribution is 5.65. The van der Waals surface area contributed by atoms with E-state index in [0.717, 1.165) is 0 Å². The predicted octanol–water partition coefficient (Wildman–Crippen LogP) is -0.413. The second-order valence-electron chi connectivity index (χ2n) is 3.30. The van der Waals surface area contributed by atoms with Crippen LogP contribution in [0.5, 0.6) is 0 Å². The highest BCUT2D eigenvalue weighted by Crippen LogP contribution is 2.09. The minimum atomic E-state index is -0.837. The van der Waals surface area contributed by atoms with Gasteiger partial charge in [0.15, 0.2) is 0 Å². The number of methoxy groups -OCH3 is 3. The van der Waals surface area contributed by atoms with E-state index in [1.807, 2.05) is 0 Å². The molecule has 96 valence electrons. The van der Waals surface area contributed by atoms with Crippen molar-refractivity contribution in [3.63, 3.8) is 0 Å². The second-order valence-corrected chi connectivity index (χ2v) is 3.30. The Labute approximate surface area is 95.4 Å². The lowest BCUT2D eigenvalue weighted by Crippen LogP contribution is -2.45. The molecule has 0 saturated heterocycles. The molecule has 6 heteroatoms. The summed E-state index contributed by atoms with van der Waals surface area (Å²) in [6.07, 6.45) is -1.97. The minimum Gasteiger partial charge on any atom is -0.463 e. The van der Waals surface area contributed by atoms with Gasteiger partial charge in [0.25, 0.3) is 0 Å². The Morgan fingerprint density at radius 3 is 2.19 bits per heavy atom. The van der Waals surface area contributed by atoms with Crippen molar-refractivity contribution in [2.45, 2.75) is 25.2 Å². The van der Waals surface area contributed by atoms with Crippen LogP contribution < -0.4 is 0 Å². The van der Waals surface area contributed by atoms with Gasteiger partial charge in [-0.3, -0.25) is 4.79 Å². The summed E-state index contributed by atoms with van der Waals surface area (Å²) >= 11 is 0. The van der Waals surface area contributed by atoms with Crippen LogP contribution in [-0.2, 0) is 23.7 Å². The van der Waals surface area contributed by atoms with Crippen LogP contribution in [0, 0.1) is 0 Å². The molecule has 0 bridgehead atoms. The lowest BCUT2D eigenvalue weighted by atomic mass is 10.1. The van der Waals surface area contributed by atoms with Crippen molar-refractivity contribution in [1.29, 1.82) is 0 Å². The van der Waals surface area contributed by atoms with Crippen LogP contribution in [-0.4, -0.2) is 63.9 Å². The Balaban J connectivity index is 4.30. The van der Waals surface area contributed by atoms with Crippen molar-refractivity contribution >= 4 is 5.97 Å². The van der Waals surface area contributed by atoms with E-state index >= 15 is 0 Å². The van der Waals surface area contributed by atoms with Gasteiger partial charge in [0.2, 0.25) is 0 Å². The fraction of sp³-hybridized carbons (Fsp3) is 0.900. The van der Waals surface area contributed by atoms with Gasteiger partial charge in [0.05, 0.1) is 6.61 Å². The van der Waals surface area contributed by atoms with Crippen molar-refractivity contribution in [1.82, 2.24) is 0 Å². The molecule has 0 fully saturated rings. The third-order valence-corrected chi connectivity index (χ3v) is 2.11. The van der Waals surface area contributed by atoms with Crippen LogP contribution in [0.4, 0.5) is 0 Å². The van der Waals surface area contributed by atoms with Gasteiger partial charge in [-0.2, -0.15) is 0 Å².